The second-order valence-corrected chi connectivity index (χ2v) is 7.11. The number of carbonyl (C=O) groups excluding carboxylic acids is 1. The first-order valence-electron chi connectivity index (χ1n) is 9.02. The van der Waals surface area contributed by atoms with E-state index in [2.05, 4.69) is 10.6 Å². The van der Waals surface area contributed by atoms with E-state index in [0.29, 0.717) is 28.9 Å². The lowest BCUT2D eigenvalue weighted by molar-refractivity contribution is 0.0926. The number of ether oxygens (including phenoxy) is 1. The average Bonchev–Trinajstić information content (AvgIpc) is 3.07. The number of furan rings is 1. The van der Waals surface area contributed by atoms with E-state index in [0.717, 1.165) is 18.8 Å². The van der Waals surface area contributed by atoms with Crippen molar-refractivity contribution in [3.63, 3.8) is 0 Å². The summed E-state index contributed by atoms with van der Waals surface area (Å²) in [7, 11) is 1.64. The van der Waals surface area contributed by atoms with Crippen LogP contribution in [0.4, 0.5) is 0 Å². The minimum atomic E-state index is -0.952. The van der Waals surface area contributed by atoms with Crippen LogP contribution in [0.5, 0.6) is 0 Å². The van der Waals surface area contributed by atoms with Gasteiger partial charge in [-0.2, -0.15) is 0 Å². The minimum Gasteiger partial charge on any atom is -0.460 e. The van der Waals surface area contributed by atoms with Crippen LogP contribution in [0.3, 0.4) is 0 Å². The molecular weight excluding hydrogens is 332 g/mol. The van der Waals surface area contributed by atoms with Crippen LogP contribution in [0.2, 0.25) is 0 Å². The second kappa shape index (κ2) is 6.87. The highest BCUT2D eigenvalue weighted by Crippen LogP contribution is 2.44. The minimum absolute atomic E-state index is 0.100. The van der Waals surface area contributed by atoms with Crippen molar-refractivity contribution in [1.29, 1.82) is 0 Å². The SMILES string of the molecule is CNC(O)c1cc(C(=O)NC2[C@H]3COC[C@@H]23)c([C@@H](C)c2ccccc2)o1. The lowest BCUT2D eigenvalue weighted by atomic mass is 9.96. The third kappa shape index (κ3) is 3.05. The Hall–Kier alpha value is -2.15. The molecule has 5 atom stereocenters. The summed E-state index contributed by atoms with van der Waals surface area (Å²) < 4.78 is 11.3. The van der Waals surface area contributed by atoms with E-state index >= 15 is 0 Å². The fraction of sp³-hybridized carbons (Fsp3) is 0.450. The molecule has 2 heterocycles. The van der Waals surface area contributed by atoms with Crippen LogP contribution < -0.4 is 10.6 Å². The van der Waals surface area contributed by atoms with Crippen LogP contribution in [-0.4, -0.2) is 37.3 Å². The number of aliphatic hydroxyl groups excluding tert-OH is 1. The van der Waals surface area contributed by atoms with Crippen LogP contribution in [0.1, 0.15) is 46.5 Å². The topological polar surface area (TPSA) is 83.7 Å². The van der Waals surface area contributed by atoms with Crippen molar-refractivity contribution in [2.24, 2.45) is 11.8 Å². The Morgan fingerprint density at radius 1 is 1.23 bits per heavy atom. The maximum Gasteiger partial charge on any atom is 0.255 e. The molecule has 0 bridgehead atoms. The van der Waals surface area contributed by atoms with E-state index < -0.39 is 6.23 Å². The van der Waals surface area contributed by atoms with Gasteiger partial charge in [0.05, 0.1) is 18.8 Å². The fourth-order valence-electron chi connectivity index (χ4n) is 3.78. The molecule has 1 aromatic heterocycles. The van der Waals surface area contributed by atoms with Gasteiger partial charge >= 0.3 is 0 Å². The molecule has 1 aliphatic carbocycles. The molecule has 138 valence electrons. The summed E-state index contributed by atoms with van der Waals surface area (Å²) in [6, 6.07) is 11.7. The number of amides is 1. The van der Waals surface area contributed by atoms with E-state index in [9.17, 15) is 9.90 Å². The summed E-state index contributed by atoms with van der Waals surface area (Å²) in [6.45, 7) is 3.44. The second-order valence-electron chi connectivity index (χ2n) is 7.11. The largest absolute Gasteiger partial charge is 0.460 e. The molecule has 1 saturated heterocycles. The van der Waals surface area contributed by atoms with Gasteiger partial charge in [0.2, 0.25) is 0 Å². The van der Waals surface area contributed by atoms with Crippen LogP contribution >= 0.6 is 0 Å². The molecule has 26 heavy (non-hydrogen) atoms. The molecule has 1 saturated carbocycles. The number of rotatable bonds is 6. The zero-order chi connectivity index (χ0) is 18.3. The summed E-state index contributed by atoms with van der Waals surface area (Å²) in [5.41, 5.74) is 1.54. The van der Waals surface area contributed by atoms with Gasteiger partial charge in [-0.05, 0) is 18.7 Å². The highest BCUT2D eigenvalue weighted by atomic mass is 16.5. The molecule has 3 N–H and O–H groups in total. The predicted octanol–water partition coefficient (Wildman–Crippen LogP) is 2.02. The third-order valence-electron chi connectivity index (χ3n) is 5.51. The van der Waals surface area contributed by atoms with Gasteiger partial charge in [0.1, 0.15) is 11.5 Å². The summed E-state index contributed by atoms with van der Waals surface area (Å²) in [4.78, 5) is 12.9. The third-order valence-corrected chi connectivity index (χ3v) is 5.51. The standard InChI is InChI=1S/C20H24N2O4/c1-11(12-6-4-3-5-7-12)18-13(8-16(26-18)20(24)21-2)19(23)22-17-14-9-25-10-15(14)17/h3-8,11,14-15,17,20-21,24H,9-10H2,1-2H3,(H,22,23)/t11-,14-,15+,17?,20?/m0/s1. The van der Waals surface area contributed by atoms with Gasteiger partial charge in [-0.1, -0.05) is 37.3 Å². The molecule has 2 unspecified atom stereocenters. The van der Waals surface area contributed by atoms with E-state index in [4.69, 9.17) is 9.15 Å². The van der Waals surface area contributed by atoms with Crippen molar-refractivity contribution in [2.75, 3.05) is 20.3 Å². The van der Waals surface area contributed by atoms with Gasteiger partial charge in [-0.15, -0.1) is 0 Å². The summed E-state index contributed by atoms with van der Waals surface area (Å²) in [5, 5.41) is 15.9. The molecule has 1 amide bonds. The smallest absolute Gasteiger partial charge is 0.255 e. The zero-order valence-corrected chi connectivity index (χ0v) is 14.9. The molecular formula is C20H24N2O4. The molecule has 2 fully saturated rings. The predicted molar refractivity (Wildman–Crippen MR) is 95.7 cm³/mol. The van der Waals surface area contributed by atoms with Gasteiger partial charge in [-0.25, -0.2) is 0 Å². The van der Waals surface area contributed by atoms with Crippen LogP contribution in [0, 0.1) is 11.8 Å². The Labute approximate surface area is 152 Å². The Kier molecular flexibility index (Phi) is 4.56. The number of carbonyl (C=O) groups is 1. The molecule has 2 aliphatic rings. The van der Waals surface area contributed by atoms with Crippen molar-refractivity contribution in [3.8, 4) is 0 Å². The zero-order valence-electron chi connectivity index (χ0n) is 14.9. The number of hydrogen-bond acceptors (Lipinski definition) is 5. The Morgan fingerprint density at radius 2 is 1.92 bits per heavy atom. The molecule has 0 radical (unpaired) electrons. The van der Waals surface area contributed by atoms with Gasteiger partial charge in [0, 0.05) is 23.8 Å². The molecule has 6 heteroatoms. The molecule has 2 aromatic rings. The first-order chi connectivity index (χ1) is 12.6. The Morgan fingerprint density at radius 3 is 2.58 bits per heavy atom. The van der Waals surface area contributed by atoms with E-state index in [1.54, 1.807) is 13.1 Å². The number of fused-ring (bicyclic) bond motifs is 1. The molecule has 0 spiro atoms. The van der Waals surface area contributed by atoms with Crippen molar-refractivity contribution in [2.45, 2.75) is 25.1 Å². The number of benzene rings is 1. The van der Waals surface area contributed by atoms with Gasteiger partial charge in [0.15, 0.2) is 6.23 Å². The number of nitrogens with one attached hydrogen (secondary N) is 2. The summed E-state index contributed by atoms with van der Waals surface area (Å²) in [6.07, 6.45) is -0.952. The first kappa shape index (κ1) is 17.3. The van der Waals surface area contributed by atoms with Crippen molar-refractivity contribution in [1.82, 2.24) is 10.6 Å². The average molecular weight is 356 g/mol. The van der Waals surface area contributed by atoms with Crippen molar-refractivity contribution < 1.29 is 19.1 Å². The molecule has 1 aromatic carbocycles. The Balaban J connectivity index is 1.61. The highest BCUT2D eigenvalue weighted by Gasteiger charge is 2.55. The van der Waals surface area contributed by atoms with Gasteiger partial charge < -0.3 is 19.6 Å². The van der Waals surface area contributed by atoms with Crippen molar-refractivity contribution >= 4 is 5.91 Å². The van der Waals surface area contributed by atoms with Crippen LogP contribution in [0.15, 0.2) is 40.8 Å². The van der Waals surface area contributed by atoms with Gasteiger partial charge in [0.25, 0.3) is 5.91 Å². The van der Waals surface area contributed by atoms with Crippen molar-refractivity contribution in [3.05, 3.63) is 59.0 Å². The maximum atomic E-state index is 12.9. The monoisotopic (exact) mass is 356 g/mol. The quantitative estimate of drug-likeness (QED) is 0.690. The van der Waals surface area contributed by atoms with Crippen LogP contribution in [0.25, 0.3) is 0 Å². The lowest BCUT2D eigenvalue weighted by Crippen LogP contribution is -2.30. The summed E-state index contributed by atoms with van der Waals surface area (Å²) >= 11 is 0. The maximum absolute atomic E-state index is 12.9. The Bertz CT molecular complexity index is 778. The fourth-order valence-corrected chi connectivity index (χ4v) is 3.78. The van der Waals surface area contributed by atoms with Crippen LogP contribution in [-0.2, 0) is 4.74 Å². The number of hydrogen-bond donors (Lipinski definition) is 3. The summed E-state index contributed by atoms with van der Waals surface area (Å²) in [5.74, 6) is 1.53. The first-order valence-corrected chi connectivity index (χ1v) is 9.02. The lowest BCUT2D eigenvalue weighted by Gasteiger charge is -2.13. The molecule has 4 rings (SSSR count). The van der Waals surface area contributed by atoms with E-state index in [1.165, 1.54) is 0 Å². The van der Waals surface area contributed by atoms with E-state index in [1.807, 2.05) is 37.3 Å². The highest BCUT2D eigenvalue weighted by molar-refractivity contribution is 5.96. The molecule has 1 aliphatic heterocycles. The number of aliphatic hydroxyl groups is 1. The molecule has 6 nitrogen and oxygen atoms in total. The van der Waals surface area contributed by atoms with Gasteiger partial charge in [-0.3, -0.25) is 10.1 Å². The van der Waals surface area contributed by atoms with E-state index in [-0.39, 0.29) is 17.9 Å². The normalized spacial score (nSPS) is 26.2.